The number of amides is 1. The molecule has 0 spiro atoms. The first kappa shape index (κ1) is 22.4. The zero-order valence-electron chi connectivity index (χ0n) is 16.1. The smallest absolute Gasteiger partial charge is 0.355 e. The van der Waals surface area contributed by atoms with Crippen molar-refractivity contribution in [2.45, 2.75) is 36.6 Å². The second kappa shape index (κ2) is 9.71. The number of alkyl halides is 1. The molecule has 3 atom stereocenters. The highest BCUT2D eigenvalue weighted by atomic mass is 79.9. The average Bonchev–Trinajstić information content (AvgIpc) is 2.74. The van der Waals surface area contributed by atoms with Gasteiger partial charge < -0.3 is 10.1 Å². The van der Waals surface area contributed by atoms with Crippen LogP contribution in [0.3, 0.4) is 0 Å². The number of nitro groups is 1. The molecule has 2 unspecified atom stereocenters. The van der Waals surface area contributed by atoms with E-state index in [-0.39, 0.29) is 45.6 Å². The van der Waals surface area contributed by atoms with Gasteiger partial charge in [0.1, 0.15) is 29.5 Å². The van der Waals surface area contributed by atoms with Gasteiger partial charge in [-0.2, -0.15) is 0 Å². The molecule has 1 amide bonds. The molecular formula is C19H20BrN3O6S. The van der Waals surface area contributed by atoms with E-state index >= 15 is 0 Å². The van der Waals surface area contributed by atoms with E-state index in [4.69, 9.17) is 4.74 Å². The normalized spacial score (nSPS) is 22.6. The number of nitrogens with one attached hydrogen (secondary N) is 1. The van der Waals surface area contributed by atoms with Crippen LogP contribution < -0.4 is 5.32 Å². The van der Waals surface area contributed by atoms with Crippen LogP contribution in [0.5, 0.6) is 0 Å². The molecule has 2 aliphatic rings. The number of fused-ring (bicyclic) bond motifs is 1. The first-order valence-electron chi connectivity index (χ1n) is 9.23. The van der Waals surface area contributed by atoms with Gasteiger partial charge in [0.2, 0.25) is 5.91 Å². The van der Waals surface area contributed by atoms with Crippen molar-refractivity contribution in [3.63, 3.8) is 0 Å². The standard InChI is InChI=1S/C19H20BrN3O6S/c1-11-8-15(19(26)29-10-12-2-4-13(5-3-12)23(27)28)22-17(25)16(18(22)30-11)21-7-6-14(24)9-20/h2-5,8,11,16,18,21H,6-7,9-10H2,1H3/t11?,16?,18-/m0/s1. The highest BCUT2D eigenvalue weighted by Crippen LogP contribution is 2.41. The van der Waals surface area contributed by atoms with E-state index in [1.54, 1.807) is 17.8 Å². The monoisotopic (exact) mass is 497 g/mol. The second-order valence-electron chi connectivity index (χ2n) is 6.85. The third-order valence-electron chi connectivity index (χ3n) is 4.69. The maximum atomic E-state index is 12.6. The quantitative estimate of drug-likeness (QED) is 0.181. The van der Waals surface area contributed by atoms with Gasteiger partial charge in [0.05, 0.1) is 10.3 Å². The largest absolute Gasteiger partial charge is 0.456 e. The molecule has 11 heteroatoms. The van der Waals surface area contributed by atoms with Crippen molar-refractivity contribution in [3.05, 3.63) is 51.7 Å². The molecule has 160 valence electrons. The molecule has 0 aliphatic carbocycles. The van der Waals surface area contributed by atoms with Crippen LogP contribution in [0.15, 0.2) is 36.0 Å². The molecule has 1 saturated heterocycles. The molecule has 0 bridgehead atoms. The Balaban J connectivity index is 1.59. The molecule has 9 nitrogen and oxygen atoms in total. The molecule has 2 aliphatic heterocycles. The molecule has 1 fully saturated rings. The molecule has 1 aromatic rings. The van der Waals surface area contributed by atoms with Gasteiger partial charge in [-0.3, -0.25) is 24.6 Å². The van der Waals surface area contributed by atoms with Crippen LogP contribution in [-0.2, 0) is 25.7 Å². The first-order chi connectivity index (χ1) is 14.3. The van der Waals surface area contributed by atoms with Gasteiger partial charge in [-0.25, -0.2) is 4.79 Å². The van der Waals surface area contributed by atoms with Crippen molar-refractivity contribution < 1.29 is 24.0 Å². The van der Waals surface area contributed by atoms with E-state index in [0.29, 0.717) is 18.5 Å². The molecule has 0 radical (unpaired) electrons. The van der Waals surface area contributed by atoms with E-state index in [0.717, 1.165) is 0 Å². The number of carbonyl (C=O) groups excluding carboxylic acids is 3. The zero-order chi connectivity index (χ0) is 21.8. The number of ketones is 1. The third-order valence-corrected chi connectivity index (χ3v) is 6.65. The Kier molecular flexibility index (Phi) is 7.27. The molecule has 0 saturated carbocycles. The number of halogens is 1. The number of β-lactam (4-membered cyclic amide) rings is 1. The van der Waals surface area contributed by atoms with Gasteiger partial charge in [-0.1, -0.05) is 15.9 Å². The minimum Gasteiger partial charge on any atom is -0.456 e. The summed E-state index contributed by atoms with van der Waals surface area (Å²) in [6, 6.07) is 5.27. The van der Waals surface area contributed by atoms with Crippen molar-refractivity contribution in [2.24, 2.45) is 0 Å². The summed E-state index contributed by atoms with van der Waals surface area (Å²) in [5.41, 5.74) is 0.763. The number of carbonyl (C=O) groups is 3. The molecule has 2 heterocycles. The van der Waals surface area contributed by atoms with Gasteiger partial charge in [0.15, 0.2) is 0 Å². The molecule has 0 aromatic heterocycles. The predicted octanol–water partition coefficient (Wildman–Crippen LogP) is 2.14. The fourth-order valence-electron chi connectivity index (χ4n) is 3.15. The number of ether oxygens (including phenoxy) is 1. The number of rotatable bonds is 9. The summed E-state index contributed by atoms with van der Waals surface area (Å²) in [6.07, 6.45) is 2.02. The van der Waals surface area contributed by atoms with E-state index < -0.39 is 16.9 Å². The topological polar surface area (TPSA) is 119 Å². The van der Waals surface area contributed by atoms with Gasteiger partial charge in [0, 0.05) is 30.3 Å². The number of hydrogen-bond donors (Lipinski definition) is 1. The number of benzene rings is 1. The van der Waals surface area contributed by atoms with Crippen LogP contribution in [0.1, 0.15) is 18.9 Å². The van der Waals surface area contributed by atoms with E-state index in [9.17, 15) is 24.5 Å². The summed E-state index contributed by atoms with van der Waals surface area (Å²) in [4.78, 5) is 48.2. The Morgan fingerprint density at radius 1 is 1.33 bits per heavy atom. The molecule has 1 N–H and O–H groups in total. The fraction of sp³-hybridized carbons (Fsp3) is 0.421. The summed E-state index contributed by atoms with van der Waals surface area (Å²) in [5.74, 6) is -0.804. The maximum Gasteiger partial charge on any atom is 0.355 e. The predicted molar refractivity (Wildman–Crippen MR) is 114 cm³/mol. The van der Waals surface area contributed by atoms with Crippen LogP contribution in [-0.4, -0.2) is 56.0 Å². The van der Waals surface area contributed by atoms with Crippen molar-refractivity contribution in [2.75, 3.05) is 11.9 Å². The number of nitro benzene ring substituents is 1. The van der Waals surface area contributed by atoms with Crippen molar-refractivity contribution in [1.29, 1.82) is 0 Å². The molecular weight excluding hydrogens is 478 g/mol. The molecule has 3 rings (SSSR count). The third kappa shape index (κ3) is 4.90. The van der Waals surface area contributed by atoms with Gasteiger partial charge in [0.25, 0.3) is 5.69 Å². The van der Waals surface area contributed by atoms with Crippen molar-refractivity contribution in [1.82, 2.24) is 10.2 Å². The van der Waals surface area contributed by atoms with Crippen LogP contribution in [0.25, 0.3) is 0 Å². The van der Waals surface area contributed by atoms with Crippen molar-refractivity contribution >= 4 is 51.0 Å². The highest BCUT2D eigenvalue weighted by Gasteiger charge is 2.53. The Hall–Kier alpha value is -2.24. The Morgan fingerprint density at radius 3 is 2.67 bits per heavy atom. The minimum absolute atomic E-state index is 0.00903. The van der Waals surface area contributed by atoms with Crippen LogP contribution in [0.2, 0.25) is 0 Å². The summed E-state index contributed by atoms with van der Waals surface area (Å²) in [5, 5.41) is 13.9. The van der Waals surface area contributed by atoms with Crippen LogP contribution in [0, 0.1) is 10.1 Å². The highest BCUT2D eigenvalue weighted by molar-refractivity contribution is 9.09. The zero-order valence-corrected chi connectivity index (χ0v) is 18.5. The lowest BCUT2D eigenvalue weighted by Crippen LogP contribution is -2.70. The molecule has 30 heavy (non-hydrogen) atoms. The van der Waals surface area contributed by atoms with Gasteiger partial charge in [-0.15, -0.1) is 11.8 Å². The summed E-state index contributed by atoms with van der Waals surface area (Å²) >= 11 is 4.66. The summed E-state index contributed by atoms with van der Waals surface area (Å²) in [7, 11) is 0. The summed E-state index contributed by atoms with van der Waals surface area (Å²) < 4.78 is 5.33. The SMILES string of the molecule is CC1C=C(C(=O)OCc2ccc([N+](=O)[O-])cc2)N2C(=O)C(NCCC(=O)CBr)[C@@H]2S1. The number of hydrogen-bond acceptors (Lipinski definition) is 8. The fourth-order valence-corrected chi connectivity index (χ4v) is 4.78. The number of thioether (sulfide) groups is 1. The number of esters is 1. The number of nitrogens with zero attached hydrogens (tertiary/aromatic N) is 2. The minimum atomic E-state index is -0.619. The van der Waals surface area contributed by atoms with Gasteiger partial charge >= 0.3 is 5.97 Å². The van der Waals surface area contributed by atoms with Crippen LogP contribution in [0.4, 0.5) is 5.69 Å². The lowest BCUT2D eigenvalue weighted by molar-refractivity contribution is -0.384. The number of non-ortho nitro benzene ring substituents is 1. The van der Waals surface area contributed by atoms with Crippen LogP contribution >= 0.6 is 27.7 Å². The Bertz CT molecular complexity index is 891. The van der Waals surface area contributed by atoms with Gasteiger partial charge in [-0.05, 0) is 30.7 Å². The lowest BCUT2D eigenvalue weighted by Gasteiger charge is -2.50. The average molecular weight is 498 g/mol. The summed E-state index contributed by atoms with van der Waals surface area (Å²) in [6.45, 7) is 2.27. The van der Waals surface area contributed by atoms with E-state index in [1.807, 2.05) is 6.92 Å². The number of Topliss-reactive ketones (excluding diaryl/α,β-unsaturated/α-hetero) is 1. The van der Waals surface area contributed by atoms with Crippen molar-refractivity contribution in [3.8, 4) is 0 Å². The first-order valence-corrected chi connectivity index (χ1v) is 11.3. The Labute approximate surface area is 185 Å². The second-order valence-corrected chi connectivity index (χ2v) is 8.91. The van der Waals surface area contributed by atoms with E-state index in [2.05, 4.69) is 21.2 Å². The van der Waals surface area contributed by atoms with E-state index in [1.165, 1.54) is 29.2 Å². The Morgan fingerprint density at radius 2 is 2.03 bits per heavy atom. The molecule has 1 aromatic carbocycles. The lowest BCUT2D eigenvalue weighted by atomic mass is 10.0. The maximum absolute atomic E-state index is 12.6.